The largest absolute Gasteiger partial charge is 0.480 e. The first-order valence-corrected chi connectivity index (χ1v) is 12.9. The minimum atomic E-state index is -1.24. The standard InChI is InChI=1S/C26H36N6O10/c1-41-25(39)19(11-17-5-3-7-27-17)29-21(33)13-31(15-23(35)36)9-10-32(16-24(37)38)14-22(34)30-20(26(40)42-2)12-18-6-4-8-28-18/h3-8,19-20,27-28H,9-16H2,1-2H3,(H,29,33)(H,30,34)(H,35,36)(H,37,38). The first kappa shape index (κ1) is 33.5. The van der Waals surface area contributed by atoms with Gasteiger partial charge in [0.2, 0.25) is 11.8 Å². The van der Waals surface area contributed by atoms with Gasteiger partial charge < -0.3 is 40.3 Å². The maximum absolute atomic E-state index is 12.8. The van der Waals surface area contributed by atoms with Crippen molar-refractivity contribution >= 4 is 35.7 Å². The lowest BCUT2D eigenvalue weighted by Crippen LogP contribution is -2.51. The third kappa shape index (κ3) is 12.2. The number of aliphatic carboxylic acids is 2. The number of hydrogen-bond acceptors (Lipinski definition) is 10. The predicted octanol–water partition coefficient (Wildman–Crippen LogP) is -1.78. The van der Waals surface area contributed by atoms with Crippen molar-refractivity contribution in [2.24, 2.45) is 0 Å². The van der Waals surface area contributed by atoms with Crippen LogP contribution in [0.15, 0.2) is 36.7 Å². The summed E-state index contributed by atoms with van der Waals surface area (Å²) in [5.74, 6) is -5.19. The number of amides is 2. The molecule has 0 bridgehead atoms. The van der Waals surface area contributed by atoms with E-state index < -0.39 is 74.0 Å². The van der Waals surface area contributed by atoms with E-state index in [0.717, 1.165) is 0 Å². The molecule has 0 aromatic carbocycles. The van der Waals surface area contributed by atoms with Crippen LogP contribution in [0.25, 0.3) is 0 Å². The predicted molar refractivity (Wildman–Crippen MR) is 145 cm³/mol. The van der Waals surface area contributed by atoms with Crippen LogP contribution >= 0.6 is 0 Å². The Hall–Kier alpha value is -4.70. The number of ether oxygens (including phenoxy) is 2. The van der Waals surface area contributed by atoms with E-state index in [4.69, 9.17) is 9.47 Å². The van der Waals surface area contributed by atoms with E-state index in [2.05, 4.69) is 20.6 Å². The molecule has 2 amide bonds. The third-order valence-electron chi connectivity index (χ3n) is 6.00. The van der Waals surface area contributed by atoms with Crippen LogP contribution in [-0.2, 0) is 51.1 Å². The number of nitrogens with one attached hydrogen (secondary N) is 4. The Balaban J connectivity index is 2.03. The molecule has 0 aliphatic heterocycles. The van der Waals surface area contributed by atoms with Gasteiger partial charge in [-0.15, -0.1) is 0 Å². The number of aromatic amines is 2. The van der Waals surface area contributed by atoms with Crippen molar-refractivity contribution in [1.82, 2.24) is 30.4 Å². The monoisotopic (exact) mass is 592 g/mol. The Labute approximate surface area is 241 Å². The summed E-state index contributed by atoms with van der Waals surface area (Å²) in [5.41, 5.74) is 1.33. The molecule has 2 rings (SSSR count). The van der Waals surface area contributed by atoms with Crippen molar-refractivity contribution in [2.45, 2.75) is 24.9 Å². The smallest absolute Gasteiger partial charge is 0.328 e. The number of H-pyrrole nitrogens is 2. The molecule has 2 atom stereocenters. The fourth-order valence-electron chi connectivity index (χ4n) is 4.08. The number of nitrogens with zero attached hydrogens (tertiary/aromatic N) is 2. The highest BCUT2D eigenvalue weighted by Gasteiger charge is 2.26. The van der Waals surface area contributed by atoms with Crippen LogP contribution in [0.5, 0.6) is 0 Å². The lowest BCUT2D eigenvalue weighted by Gasteiger charge is -2.26. The minimum absolute atomic E-state index is 0.108. The highest BCUT2D eigenvalue weighted by Crippen LogP contribution is 2.04. The number of methoxy groups -OCH3 is 2. The molecule has 42 heavy (non-hydrogen) atoms. The summed E-state index contributed by atoms with van der Waals surface area (Å²) in [6.07, 6.45) is 3.53. The molecule has 0 aliphatic rings. The highest BCUT2D eigenvalue weighted by molar-refractivity contribution is 5.86. The zero-order valence-corrected chi connectivity index (χ0v) is 23.3. The number of aromatic nitrogens is 2. The number of carboxylic acid groups (broad SMARTS) is 2. The molecule has 2 unspecified atom stereocenters. The van der Waals surface area contributed by atoms with Gasteiger partial charge in [0.25, 0.3) is 0 Å². The Morgan fingerprint density at radius 3 is 1.38 bits per heavy atom. The highest BCUT2D eigenvalue weighted by atomic mass is 16.5. The molecule has 6 N–H and O–H groups in total. The summed E-state index contributed by atoms with van der Waals surface area (Å²) in [4.78, 5) is 81.1. The van der Waals surface area contributed by atoms with Crippen molar-refractivity contribution in [1.29, 1.82) is 0 Å². The van der Waals surface area contributed by atoms with Gasteiger partial charge in [0.15, 0.2) is 0 Å². The van der Waals surface area contributed by atoms with Crippen LogP contribution in [0, 0.1) is 0 Å². The molecule has 16 heteroatoms. The van der Waals surface area contributed by atoms with E-state index in [1.54, 1.807) is 36.7 Å². The second-order valence-corrected chi connectivity index (χ2v) is 9.29. The van der Waals surface area contributed by atoms with E-state index >= 15 is 0 Å². The molecule has 0 radical (unpaired) electrons. The second-order valence-electron chi connectivity index (χ2n) is 9.29. The summed E-state index contributed by atoms with van der Waals surface area (Å²) in [7, 11) is 2.35. The third-order valence-corrected chi connectivity index (χ3v) is 6.00. The topological polar surface area (TPSA) is 223 Å². The van der Waals surface area contributed by atoms with Gasteiger partial charge in [-0.2, -0.15) is 0 Å². The summed E-state index contributed by atoms with van der Waals surface area (Å²) in [5, 5.41) is 23.7. The molecule has 0 saturated heterocycles. The summed E-state index contributed by atoms with van der Waals surface area (Å²) in [6.45, 7) is -2.22. The molecular formula is C26H36N6O10. The maximum Gasteiger partial charge on any atom is 0.328 e. The van der Waals surface area contributed by atoms with Crippen LogP contribution in [-0.4, -0.2) is 131 Å². The molecule has 2 aromatic rings. The summed E-state index contributed by atoms with van der Waals surface area (Å²) >= 11 is 0. The van der Waals surface area contributed by atoms with Gasteiger partial charge in [0, 0.05) is 49.7 Å². The molecule has 0 fully saturated rings. The normalized spacial score (nSPS) is 12.4. The zero-order valence-electron chi connectivity index (χ0n) is 23.3. The molecule has 0 aliphatic carbocycles. The average Bonchev–Trinajstić information content (AvgIpc) is 3.64. The van der Waals surface area contributed by atoms with Crippen LogP contribution in [0.3, 0.4) is 0 Å². The molecule has 16 nitrogen and oxygen atoms in total. The van der Waals surface area contributed by atoms with Gasteiger partial charge in [-0.25, -0.2) is 9.59 Å². The van der Waals surface area contributed by atoms with E-state index in [-0.39, 0.29) is 25.9 Å². The first-order chi connectivity index (χ1) is 20.0. The molecule has 2 aromatic heterocycles. The number of carbonyl (C=O) groups is 6. The molecule has 0 spiro atoms. The van der Waals surface area contributed by atoms with E-state index in [0.29, 0.717) is 11.4 Å². The number of hydrogen-bond donors (Lipinski definition) is 6. The molecule has 2 heterocycles. The Bertz CT molecular complexity index is 1090. The quantitative estimate of drug-likeness (QED) is 0.0996. The van der Waals surface area contributed by atoms with E-state index in [9.17, 15) is 39.0 Å². The van der Waals surface area contributed by atoms with Gasteiger partial charge >= 0.3 is 23.9 Å². The number of rotatable bonds is 19. The van der Waals surface area contributed by atoms with Crippen molar-refractivity contribution in [2.75, 3.05) is 53.5 Å². The lowest BCUT2D eigenvalue weighted by molar-refractivity contribution is -0.146. The Morgan fingerprint density at radius 2 is 1.10 bits per heavy atom. The molecule has 230 valence electrons. The van der Waals surface area contributed by atoms with Gasteiger partial charge in [-0.1, -0.05) is 0 Å². The fraction of sp³-hybridized carbons (Fsp3) is 0.462. The number of esters is 2. The van der Waals surface area contributed by atoms with Crippen LogP contribution < -0.4 is 10.6 Å². The second kappa shape index (κ2) is 17.2. The molecular weight excluding hydrogens is 556 g/mol. The van der Waals surface area contributed by atoms with Crippen molar-refractivity contribution in [3.63, 3.8) is 0 Å². The average molecular weight is 593 g/mol. The van der Waals surface area contributed by atoms with Crippen LogP contribution in [0.4, 0.5) is 0 Å². The lowest BCUT2D eigenvalue weighted by atomic mass is 10.1. The summed E-state index contributed by atoms with van der Waals surface area (Å²) in [6, 6.07) is 4.82. The van der Waals surface area contributed by atoms with Crippen LogP contribution in [0.2, 0.25) is 0 Å². The molecule has 0 saturated carbocycles. The van der Waals surface area contributed by atoms with Gasteiger partial charge in [-0.05, 0) is 24.3 Å². The van der Waals surface area contributed by atoms with Crippen molar-refractivity contribution < 1.29 is 48.5 Å². The zero-order chi connectivity index (χ0) is 31.1. The van der Waals surface area contributed by atoms with Crippen molar-refractivity contribution in [3.8, 4) is 0 Å². The van der Waals surface area contributed by atoms with Gasteiger partial charge in [-0.3, -0.25) is 29.0 Å². The fourth-order valence-corrected chi connectivity index (χ4v) is 4.08. The minimum Gasteiger partial charge on any atom is -0.480 e. The van der Waals surface area contributed by atoms with Gasteiger partial charge in [0.1, 0.15) is 12.1 Å². The SMILES string of the molecule is COC(=O)C(Cc1ccc[nH]1)NC(=O)CN(CCN(CC(=O)O)CC(=O)NC(Cc1ccc[nH]1)C(=O)OC)CC(=O)O. The van der Waals surface area contributed by atoms with Crippen LogP contribution in [0.1, 0.15) is 11.4 Å². The maximum atomic E-state index is 12.8. The number of carbonyl (C=O) groups excluding carboxylic acids is 4. The van der Waals surface area contributed by atoms with Crippen molar-refractivity contribution in [3.05, 3.63) is 48.0 Å². The van der Waals surface area contributed by atoms with E-state index in [1.807, 2.05) is 0 Å². The first-order valence-electron chi connectivity index (χ1n) is 12.9. The summed E-state index contributed by atoms with van der Waals surface area (Å²) < 4.78 is 9.51. The Kier molecular flexibility index (Phi) is 13.7. The Morgan fingerprint density at radius 1 is 0.714 bits per heavy atom. The van der Waals surface area contributed by atoms with E-state index in [1.165, 1.54) is 24.0 Å². The number of carboxylic acids is 2. The van der Waals surface area contributed by atoms with Gasteiger partial charge in [0.05, 0.1) is 40.4 Å².